The summed E-state index contributed by atoms with van der Waals surface area (Å²) in [4.78, 5) is 11.2. The van der Waals surface area contributed by atoms with Crippen LogP contribution in [-0.2, 0) is 4.79 Å². The summed E-state index contributed by atoms with van der Waals surface area (Å²) in [6, 6.07) is 4.00. The normalized spacial score (nSPS) is 17.4. The quantitative estimate of drug-likeness (QED) is 0.820. The van der Waals surface area contributed by atoms with Crippen LogP contribution in [0.2, 0.25) is 0 Å². The molecule has 1 aromatic rings. The number of ether oxygens (including phenoxy) is 1. The molecule has 0 aliphatic carbocycles. The molecule has 7 heteroatoms. The van der Waals surface area contributed by atoms with E-state index in [1.54, 1.807) is 0 Å². The number of halogens is 3. The van der Waals surface area contributed by atoms with Gasteiger partial charge in [-0.2, -0.15) is 13.2 Å². The van der Waals surface area contributed by atoms with E-state index in [0.717, 1.165) is 17.9 Å². The van der Waals surface area contributed by atoms with Gasteiger partial charge in [0.15, 0.2) is 0 Å². The molecule has 1 N–H and O–H groups in total. The molecule has 0 aromatic heterocycles. The summed E-state index contributed by atoms with van der Waals surface area (Å²) < 4.78 is 45.4. The van der Waals surface area contributed by atoms with Crippen LogP contribution >= 0.6 is 0 Å². The van der Waals surface area contributed by atoms with Gasteiger partial charge in [-0.05, 0) is 24.1 Å². The Kier molecular flexibility index (Phi) is 5.28. The van der Waals surface area contributed by atoms with E-state index in [2.05, 4.69) is 5.43 Å². The summed E-state index contributed by atoms with van der Waals surface area (Å²) in [6.45, 7) is 2.61. The van der Waals surface area contributed by atoms with Crippen LogP contribution < -0.4 is 10.2 Å². The van der Waals surface area contributed by atoms with E-state index in [1.807, 2.05) is 6.92 Å². The zero-order chi connectivity index (χ0) is 16.2. The molecular weight excluding hydrogens is 297 g/mol. The summed E-state index contributed by atoms with van der Waals surface area (Å²) in [5.41, 5.74) is 2.34. The Morgan fingerprint density at radius 3 is 2.50 bits per heavy atom. The summed E-state index contributed by atoms with van der Waals surface area (Å²) in [7, 11) is 0. The summed E-state index contributed by atoms with van der Waals surface area (Å²) in [5, 5.41) is 0.940. The number of alkyl halides is 3. The fourth-order valence-electron chi connectivity index (χ4n) is 2.31. The Morgan fingerprint density at radius 2 is 2.00 bits per heavy atom. The number of nitrogens with zero attached hydrogens (tertiary/aromatic N) is 1. The van der Waals surface area contributed by atoms with Crippen LogP contribution in [0.15, 0.2) is 24.3 Å². The fraction of sp³-hybridized carbons (Fsp3) is 0.533. The van der Waals surface area contributed by atoms with Crippen LogP contribution in [-0.4, -0.2) is 30.2 Å². The molecule has 2 rings (SSSR count). The van der Waals surface area contributed by atoms with E-state index >= 15 is 0 Å². The Labute approximate surface area is 127 Å². The molecule has 122 valence electrons. The average molecular weight is 316 g/mol. The second-order valence-electron chi connectivity index (χ2n) is 5.19. The maximum Gasteiger partial charge on any atom is 0.409 e. The van der Waals surface area contributed by atoms with Crippen LogP contribution in [0.3, 0.4) is 0 Å². The first kappa shape index (κ1) is 16.6. The lowest BCUT2D eigenvalue weighted by Gasteiger charge is -2.29. The van der Waals surface area contributed by atoms with Gasteiger partial charge in [-0.1, -0.05) is 25.5 Å². The number of hydrogen-bond donors (Lipinski definition) is 1. The lowest BCUT2D eigenvalue weighted by atomic mass is 10.1. The zero-order valence-electron chi connectivity index (χ0n) is 12.3. The fourth-order valence-corrected chi connectivity index (χ4v) is 2.31. The first-order valence-corrected chi connectivity index (χ1v) is 7.27. The van der Waals surface area contributed by atoms with Crippen LogP contribution in [0.5, 0.6) is 5.75 Å². The van der Waals surface area contributed by atoms with Crippen molar-refractivity contribution in [1.29, 1.82) is 0 Å². The third-order valence-corrected chi connectivity index (χ3v) is 3.43. The molecule has 1 aliphatic heterocycles. The van der Waals surface area contributed by atoms with Crippen molar-refractivity contribution in [2.75, 3.05) is 13.2 Å². The first-order chi connectivity index (χ1) is 10.4. The second-order valence-corrected chi connectivity index (χ2v) is 5.19. The summed E-state index contributed by atoms with van der Waals surface area (Å²) >= 11 is 0. The van der Waals surface area contributed by atoms with Gasteiger partial charge in [0.2, 0.25) is 5.91 Å². The smallest absolute Gasteiger partial charge is 0.409 e. The highest BCUT2D eigenvalue weighted by Crippen LogP contribution is 2.38. The van der Waals surface area contributed by atoms with Crippen LogP contribution in [0, 0.1) is 0 Å². The Bertz CT molecular complexity index is 503. The van der Waals surface area contributed by atoms with Gasteiger partial charge < -0.3 is 4.74 Å². The zero-order valence-corrected chi connectivity index (χ0v) is 12.3. The molecule has 0 saturated carbocycles. The molecule has 1 amide bonds. The van der Waals surface area contributed by atoms with Crippen molar-refractivity contribution < 1.29 is 22.7 Å². The number of amides is 1. The van der Waals surface area contributed by atoms with Gasteiger partial charge in [-0.25, -0.2) is 5.01 Å². The number of nitrogens with one attached hydrogen (secondary N) is 1. The van der Waals surface area contributed by atoms with Gasteiger partial charge >= 0.3 is 6.18 Å². The van der Waals surface area contributed by atoms with E-state index in [4.69, 9.17) is 4.74 Å². The van der Waals surface area contributed by atoms with E-state index < -0.39 is 18.1 Å². The second kappa shape index (κ2) is 7.00. The van der Waals surface area contributed by atoms with Gasteiger partial charge in [0.05, 0.1) is 6.61 Å². The number of hydrazine groups is 1. The van der Waals surface area contributed by atoms with Gasteiger partial charge in [-0.15, -0.1) is 0 Å². The highest BCUT2D eigenvalue weighted by Gasteiger charge is 2.46. The Hall–Kier alpha value is -1.76. The number of carbonyl (C=O) groups excluding carboxylic acids is 1. The van der Waals surface area contributed by atoms with Crippen molar-refractivity contribution in [2.24, 2.45) is 0 Å². The number of unbranched alkanes of at least 4 members (excludes halogenated alkanes) is 1. The Balaban J connectivity index is 2.12. The van der Waals surface area contributed by atoms with Crippen molar-refractivity contribution in [3.05, 3.63) is 29.8 Å². The third-order valence-electron chi connectivity index (χ3n) is 3.43. The minimum atomic E-state index is -4.47. The standard InChI is InChI=1S/C15H19F3N2O2/c1-2-3-10-22-12-6-4-11(5-7-12)14(15(16,17)18)20-9-8-13(21)19-20/h4-7,14H,2-3,8-10H2,1H3,(H,19,21). The molecule has 4 nitrogen and oxygen atoms in total. The molecule has 0 bridgehead atoms. The van der Waals surface area contributed by atoms with Gasteiger partial charge in [0.25, 0.3) is 0 Å². The van der Waals surface area contributed by atoms with E-state index in [0.29, 0.717) is 12.4 Å². The van der Waals surface area contributed by atoms with E-state index in [9.17, 15) is 18.0 Å². The lowest BCUT2D eigenvalue weighted by Crippen LogP contribution is -2.43. The largest absolute Gasteiger partial charge is 0.494 e. The minimum Gasteiger partial charge on any atom is -0.494 e. The molecule has 1 unspecified atom stereocenters. The number of benzene rings is 1. The van der Waals surface area contributed by atoms with Crippen molar-refractivity contribution in [3.63, 3.8) is 0 Å². The average Bonchev–Trinajstić information content (AvgIpc) is 2.86. The van der Waals surface area contributed by atoms with Crippen LogP contribution in [0.1, 0.15) is 37.8 Å². The predicted octanol–water partition coefficient (Wildman–Crippen LogP) is 3.21. The monoisotopic (exact) mass is 316 g/mol. The molecule has 1 aliphatic rings. The maximum atomic E-state index is 13.3. The number of rotatable bonds is 6. The van der Waals surface area contributed by atoms with E-state index in [-0.39, 0.29) is 18.5 Å². The first-order valence-electron chi connectivity index (χ1n) is 7.27. The SMILES string of the molecule is CCCCOc1ccc(C(N2CCC(=O)N2)C(F)(F)F)cc1. The minimum absolute atomic E-state index is 0.0394. The van der Waals surface area contributed by atoms with Crippen molar-refractivity contribution >= 4 is 5.91 Å². The molecule has 1 heterocycles. The van der Waals surface area contributed by atoms with Crippen molar-refractivity contribution in [2.45, 2.75) is 38.4 Å². The van der Waals surface area contributed by atoms with Crippen molar-refractivity contribution in [1.82, 2.24) is 10.4 Å². The molecular formula is C15H19F3N2O2. The topological polar surface area (TPSA) is 41.6 Å². The molecule has 1 atom stereocenters. The maximum absolute atomic E-state index is 13.3. The van der Waals surface area contributed by atoms with Crippen LogP contribution in [0.4, 0.5) is 13.2 Å². The van der Waals surface area contributed by atoms with Gasteiger partial charge in [-0.3, -0.25) is 10.2 Å². The number of carbonyl (C=O) groups is 1. The third kappa shape index (κ3) is 4.13. The highest BCUT2D eigenvalue weighted by atomic mass is 19.4. The number of hydrogen-bond acceptors (Lipinski definition) is 3. The summed E-state index contributed by atoms with van der Waals surface area (Å²) in [5.74, 6) is 0.150. The van der Waals surface area contributed by atoms with Gasteiger partial charge in [0.1, 0.15) is 11.8 Å². The molecule has 22 heavy (non-hydrogen) atoms. The molecule has 1 fully saturated rings. The molecule has 0 spiro atoms. The Morgan fingerprint density at radius 1 is 1.32 bits per heavy atom. The molecule has 0 radical (unpaired) electrons. The van der Waals surface area contributed by atoms with Gasteiger partial charge in [0, 0.05) is 13.0 Å². The summed E-state index contributed by atoms with van der Waals surface area (Å²) in [6.07, 6.45) is -2.51. The predicted molar refractivity (Wildman–Crippen MR) is 75.1 cm³/mol. The van der Waals surface area contributed by atoms with Crippen molar-refractivity contribution in [3.8, 4) is 5.75 Å². The molecule has 1 saturated heterocycles. The highest BCUT2D eigenvalue weighted by molar-refractivity contribution is 5.77. The van der Waals surface area contributed by atoms with E-state index in [1.165, 1.54) is 24.3 Å². The lowest BCUT2D eigenvalue weighted by molar-refractivity contribution is -0.191. The molecule has 1 aromatic carbocycles. The van der Waals surface area contributed by atoms with Crippen LogP contribution in [0.25, 0.3) is 0 Å².